The quantitative estimate of drug-likeness (QED) is 0.655. The minimum atomic E-state index is -0.296. The number of hydrazone groups is 1. The van der Waals surface area contributed by atoms with Crippen molar-refractivity contribution in [1.82, 2.24) is 24.4 Å². The van der Waals surface area contributed by atoms with Crippen LogP contribution in [0.25, 0.3) is 5.52 Å². The number of carbonyl (C=O) groups excluding carboxylic acids is 1. The van der Waals surface area contributed by atoms with Gasteiger partial charge in [0.1, 0.15) is 11.9 Å². The molecule has 3 fully saturated rings. The zero-order chi connectivity index (χ0) is 20.3. The van der Waals surface area contributed by atoms with E-state index in [0.717, 1.165) is 36.3 Å². The van der Waals surface area contributed by atoms with Crippen molar-refractivity contribution in [3.8, 4) is 5.88 Å². The first-order valence-electron chi connectivity index (χ1n) is 10.3. The predicted octanol–water partition coefficient (Wildman–Crippen LogP) is 2.94. The second-order valence-electron chi connectivity index (χ2n) is 8.91. The number of ether oxygens (including phenoxy) is 1. The molecule has 8 nitrogen and oxygen atoms in total. The lowest BCUT2D eigenvalue weighted by atomic mass is 9.35. The molecule has 4 heterocycles. The average Bonchev–Trinajstić information content (AvgIpc) is 3.33. The first-order chi connectivity index (χ1) is 14.6. The molecule has 1 amide bonds. The number of nitrogens with zero attached hydrogens (tertiary/aromatic N) is 6. The van der Waals surface area contributed by atoms with E-state index in [2.05, 4.69) is 20.1 Å². The maximum atomic E-state index is 13.4. The van der Waals surface area contributed by atoms with E-state index in [1.807, 2.05) is 48.1 Å². The lowest BCUT2D eigenvalue weighted by Gasteiger charge is -2.69. The van der Waals surface area contributed by atoms with E-state index in [1.54, 1.807) is 17.4 Å². The summed E-state index contributed by atoms with van der Waals surface area (Å²) in [6.45, 7) is 2.48. The number of amides is 1. The van der Waals surface area contributed by atoms with Crippen molar-refractivity contribution in [2.45, 2.75) is 38.6 Å². The van der Waals surface area contributed by atoms with Gasteiger partial charge < -0.3 is 9.14 Å². The highest BCUT2D eigenvalue weighted by Gasteiger charge is 2.73. The van der Waals surface area contributed by atoms with Crippen molar-refractivity contribution in [1.29, 1.82) is 0 Å². The van der Waals surface area contributed by atoms with E-state index in [1.165, 1.54) is 0 Å². The van der Waals surface area contributed by atoms with Crippen LogP contribution in [0, 0.1) is 17.8 Å². The highest BCUT2D eigenvalue weighted by molar-refractivity contribution is 5.88. The van der Waals surface area contributed by atoms with Gasteiger partial charge in [0, 0.05) is 24.2 Å². The monoisotopic (exact) mass is 402 g/mol. The fourth-order valence-corrected chi connectivity index (χ4v) is 5.34. The molecule has 1 unspecified atom stereocenters. The van der Waals surface area contributed by atoms with Gasteiger partial charge in [0.25, 0.3) is 0 Å². The van der Waals surface area contributed by atoms with Crippen LogP contribution in [0.1, 0.15) is 43.2 Å². The van der Waals surface area contributed by atoms with Crippen molar-refractivity contribution >= 4 is 17.6 Å². The smallest absolute Gasteiger partial charge is 0.249 e. The van der Waals surface area contributed by atoms with Crippen LogP contribution in [0.3, 0.4) is 0 Å². The number of imidazole rings is 1. The fourth-order valence-electron chi connectivity index (χ4n) is 5.34. The van der Waals surface area contributed by atoms with E-state index in [0.29, 0.717) is 18.9 Å². The SMILES string of the molecule is Cc1cnc(OCC23CC(C(=O)N4N=CCC4c4ncc5ccccn45)(C2)C3)cn1. The van der Waals surface area contributed by atoms with Gasteiger partial charge in [-0.15, -0.1) is 0 Å². The van der Waals surface area contributed by atoms with Crippen LogP contribution in [-0.2, 0) is 4.79 Å². The van der Waals surface area contributed by atoms with Gasteiger partial charge in [0.15, 0.2) is 0 Å². The lowest BCUT2D eigenvalue weighted by Crippen LogP contribution is -2.69. The molecule has 3 aromatic heterocycles. The summed E-state index contributed by atoms with van der Waals surface area (Å²) in [6, 6.07) is 5.83. The molecular formula is C22H22N6O2. The summed E-state index contributed by atoms with van der Waals surface area (Å²) in [4.78, 5) is 26.4. The Labute approximate surface area is 173 Å². The highest BCUT2D eigenvalue weighted by Crippen LogP contribution is 2.74. The summed E-state index contributed by atoms with van der Waals surface area (Å²) < 4.78 is 7.88. The van der Waals surface area contributed by atoms with Crippen LogP contribution in [0.4, 0.5) is 0 Å². The molecule has 1 aliphatic heterocycles. The number of aryl methyl sites for hydroxylation is 1. The van der Waals surface area contributed by atoms with E-state index < -0.39 is 0 Å². The maximum absolute atomic E-state index is 13.4. The molecule has 3 aromatic rings. The minimum absolute atomic E-state index is 0.0845. The van der Waals surface area contributed by atoms with Crippen molar-refractivity contribution < 1.29 is 9.53 Å². The first-order valence-corrected chi connectivity index (χ1v) is 10.3. The lowest BCUT2D eigenvalue weighted by molar-refractivity contribution is -0.227. The number of hydrogen-bond acceptors (Lipinski definition) is 6. The largest absolute Gasteiger partial charge is 0.476 e. The van der Waals surface area contributed by atoms with Crippen molar-refractivity contribution in [2.24, 2.45) is 15.9 Å². The standard InChI is InChI=1S/C22H22N6O2/c1-15-8-24-18(10-23-15)30-14-21-11-22(12-21,13-21)20(29)28-17(5-6-26-28)19-25-9-16-4-2-3-7-27(16)19/h2-4,6-10,17H,5,11-14H2,1H3. The third-order valence-electron chi connectivity index (χ3n) is 6.68. The molecule has 1 atom stereocenters. The highest BCUT2D eigenvalue weighted by atomic mass is 16.5. The van der Waals surface area contributed by atoms with Crippen molar-refractivity contribution in [3.63, 3.8) is 0 Å². The van der Waals surface area contributed by atoms with Crippen molar-refractivity contribution in [2.75, 3.05) is 6.61 Å². The maximum Gasteiger partial charge on any atom is 0.249 e. The number of carbonyl (C=O) groups is 1. The van der Waals surface area contributed by atoms with Crippen LogP contribution in [0.5, 0.6) is 5.88 Å². The molecule has 0 aromatic carbocycles. The minimum Gasteiger partial charge on any atom is -0.476 e. The Bertz CT molecular complexity index is 1150. The van der Waals surface area contributed by atoms with Gasteiger partial charge in [-0.25, -0.2) is 15.0 Å². The van der Waals surface area contributed by atoms with Crippen LogP contribution in [-0.4, -0.2) is 43.1 Å². The van der Waals surface area contributed by atoms with E-state index in [9.17, 15) is 4.79 Å². The Morgan fingerprint density at radius 3 is 2.83 bits per heavy atom. The molecule has 2 bridgehead atoms. The van der Waals surface area contributed by atoms with Gasteiger partial charge in [-0.1, -0.05) is 6.07 Å². The molecule has 0 N–H and O–H groups in total. The van der Waals surface area contributed by atoms with E-state index in [4.69, 9.17) is 4.74 Å². The Balaban J connectivity index is 1.14. The number of rotatable bonds is 5. The Morgan fingerprint density at radius 1 is 1.17 bits per heavy atom. The topological polar surface area (TPSA) is 85.0 Å². The van der Waals surface area contributed by atoms with E-state index >= 15 is 0 Å². The van der Waals surface area contributed by atoms with E-state index in [-0.39, 0.29) is 22.8 Å². The second-order valence-corrected chi connectivity index (χ2v) is 8.91. The van der Waals surface area contributed by atoms with Gasteiger partial charge >= 0.3 is 0 Å². The third kappa shape index (κ3) is 2.49. The molecule has 8 heteroatoms. The summed E-state index contributed by atoms with van der Waals surface area (Å²) in [5.74, 6) is 1.52. The van der Waals surface area contributed by atoms with Gasteiger partial charge in [0.05, 0.1) is 41.8 Å². The number of aromatic nitrogens is 4. The van der Waals surface area contributed by atoms with Crippen molar-refractivity contribution in [3.05, 3.63) is 54.5 Å². The Morgan fingerprint density at radius 2 is 2.03 bits per heavy atom. The summed E-state index contributed by atoms with van der Waals surface area (Å²) >= 11 is 0. The number of hydrogen-bond donors (Lipinski definition) is 0. The molecule has 30 heavy (non-hydrogen) atoms. The number of fused-ring (bicyclic) bond motifs is 1. The van der Waals surface area contributed by atoms with Crippen LogP contribution < -0.4 is 4.74 Å². The molecule has 0 saturated heterocycles. The second kappa shape index (κ2) is 6.10. The predicted molar refractivity (Wildman–Crippen MR) is 109 cm³/mol. The van der Waals surface area contributed by atoms with Gasteiger partial charge in [-0.3, -0.25) is 9.78 Å². The Hall–Kier alpha value is -3.29. The molecule has 7 rings (SSSR count). The van der Waals surface area contributed by atoms with Gasteiger partial charge in [-0.05, 0) is 38.3 Å². The Kier molecular flexibility index (Phi) is 3.57. The third-order valence-corrected chi connectivity index (χ3v) is 6.68. The average molecular weight is 402 g/mol. The van der Waals surface area contributed by atoms with Gasteiger partial charge in [-0.2, -0.15) is 5.10 Å². The first kappa shape index (κ1) is 17.6. The summed E-state index contributed by atoms with van der Waals surface area (Å²) in [5.41, 5.74) is 1.67. The molecule has 3 saturated carbocycles. The van der Waals surface area contributed by atoms with Crippen LogP contribution in [0.15, 0.2) is 48.1 Å². The summed E-state index contributed by atoms with van der Waals surface area (Å²) in [7, 11) is 0. The van der Waals surface area contributed by atoms with Gasteiger partial charge in [0.2, 0.25) is 11.8 Å². The molecule has 4 aliphatic rings. The molecule has 0 spiro atoms. The fraction of sp³-hybridized carbons (Fsp3) is 0.409. The normalized spacial score (nSPS) is 29.0. The molecule has 152 valence electrons. The molecule has 3 aliphatic carbocycles. The van der Waals surface area contributed by atoms with Crippen LogP contribution >= 0.6 is 0 Å². The molecule has 0 radical (unpaired) electrons. The summed E-state index contributed by atoms with van der Waals surface area (Å²) in [6.07, 6.45) is 12.2. The molecular weight excluding hydrogens is 380 g/mol. The zero-order valence-corrected chi connectivity index (χ0v) is 16.7. The summed E-state index contributed by atoms with van der Waals surface area (Å²) in [5, 5.41) is 6.10. The number of pyridine rings is 1. The van der Waals surface area contributed by atoms with Crippen LogP contribution in [0.2, 0.25) is 0 Å². The zero-order valence-electron chi connectivity index (χ0n) is 16.7.